The zero-order chi connectivity index (χ0) is 17.2. The van der Waals surface area contributed by atoms with E-state index in [1.807, 2.05) is 0 Å². The van der Waals surface area contributed by atoms with E-state index in [4.69, 9.17) is 9.15 Å². The van der Waals surface area contributed by atoms with Crippen molar-refractivity contribution < 1.29 is 24.2 Å². The van der Waals surface area contributed by atoms with Gasteiger partial charge in [0, 0.05) is 18.3 Å². The van der Waals surface area contributed by atoms with Crippen molar-refractivity contribution in [3.8, 4) is 0 Å². The Kier molecular flexibility index (Phi) is 4.71. The second kappa shape index (κ2) is 6.39. The molecule has 0 aromatic carbocycles. The zero-order valence-corrected chi connectivity index (χ0v) is 13.0. The maximum atomic E-state index is 11.5. The van der Waals surface area contributed by atoms with Crippen LogP contribution >= 0.6 is 0 Å². The fourth-order valence-electron chi connectivity index (χ4n) is 1.85. The number of aliphatic hydroxyl groups excluding tert-OH is 2. The molecule has 0 bridgehead atoms. The van der Waals surface area contributed by atoms with Crippen molar-refractivity contribution in [1.82, 2.24) is 15.3 Å². The van der Waals surface area contributed by atoms with E-state index in [9.17, 15) is 19.8 Å². The summed E-state index contributed by atoms with van der Waals surface area (Å²) < 4.78 is 9.86. The Labute approximate surface area is 131 Å². The molecule has 0 fully saturated rings. The number of alkyl carbamates (subject to hydrolysis) is 1. The predicted molar refractivity (Wildman–Crippen MR) is 79.8 cm³/mol. The molecule has 2 rings (SSSR count). The quantitative estimate of drug-likeness (QED) is 0.639. The number of hydrogen-bond acceptors (Lipinski definition) is 7. The summed E-state index contributed by atoms with van der Waals surface area (Å²) in [5.74, 6) is -0.661. The average molecular weight is 325 g/mol. The topological polar surface area (TPSA) is 138 Å². The van der Waals surface area contributed by atoms with Gasteiger partial charge >= 0.3 is 11.8 Å². The van der Waals surface area contributed by atoms with E-state index in [-0.39, 0.29) is 23.3 Å². The molecule has 2 atom stereocenters. The second-order valence-corrected chi connectivity index (χ2v) is 6.02. The number of ether oxygens (including phenoxy) is 1. The van der Waals surface area contributed by atoms with E-state index in [0.717, 1.165) is 0 Å². The first-order valence-electron chi connectivity index (χ1n) is 6.97. The van der Waals surface area contributed by atoms with E-state index in [1.165, 1.54) is 12.3 Å². The first-order valence-corrected chi connectivity index (χ1v) is 6.97. The lowest BCUT2D eigenvalue weighted by Crippen LogP contribution is -2.38. The van der Waals surface area contributed by atoms with Gasteiger partial charge in [-0.1, -0.05) is 0 Å². The number of nitrogens with one attached hydrogen (secondary N) is 2. The Balaban J connectivity index is 1.99. The van der Waals surface area contributed by atoms with Crippen LogP contribution in [0.2, 0.25) is 0 Å². The molecule has 2 heterocycles. The van der Waals surface area contributed by atoms with Gasteiger partial charge in [-0.15, -0.1) is 0 Å². The lowest BCUT2D eigenvalue weighted by Gasteiger charge is -2.22. The number of aromatic amines is 1. The third kappa shape index (κ3) is 4.54. The molecule has 9 heteroatoms. The zero-order valence-electron chi connectivity index (χ0n) is 13.0. The van der Waals surface area contributed by atoms with Gasteiger partial charge in [-0.05, 0) is 26.8 Å². The molecular weight excluding hydrogens is 306 g/mol. The Hall–Kier alpha value is -2.39. The minimum absolute atomic E-state index is 0.166. The van der Waals surface area contributed by atoms with Crippen LogP contribution in [-0.2, 0) is 4.74 Å². The number of oxazole rings is 1. The van der Waals surface area contributed by atoms with Gasteiger partial charge in [0.2, 0.25) is 0 Å². The van der Waals surface area contributed by atoms with Crippen molar-refractivity contribution in [2.24, 2.45) is 0 Å². The third-order valence-corrected chi connectivity index (χ3v) is 2.86. The molecule has 0 saturated heterocycles. The van der Waals surface area contributed by atoms with Gasteiger partial charge in [0.15, 0.2) is 11.2 Å². The van der Waals surface area contributed by atoms with Crippen LogP contribution in [0.15, 0.2) is 21.5 Å². The minimum atomic E-state index is -1.32. The molecule has 4 N–H and O–H groups in total. The molecule has 0 saturated carbocycles. The van der Waals surface area contributed by atoms with Crippen molar-refractivity contribution in [2.45, 2.75) is 38.6 Å². The molecule has 1 amide bonds. The van der Waals surface area contributed by atoms with Crippen LogP contribution in [0.5, 0.6) is 0 Å². The summed E-state index contributed by atoms with van der Waals surface area (Å²) in [7, 11) is 0. The standard InChI is InChI=1S/C14H19N3O6/c1-14(2,3)23-12(20)16-6-8(18)10(19)7-4-9-11(15-5-7)17-13(21)22-9/h4-5,8,10,18-19H,6H2,1-3H3,(H,16,20)(H,15,17,21). The van der Waals surface area contributed by atoms with Gasteiger partial charge < -0.3 is 24.7 Å². The first kappa shape index (κ1) is 17.0. The van der Waals surface area contributed by atoms with Crippen molar-refractivity contribution in [1.29, 1.82) is 0 Å². The van der Waals surface area contributed by atoms with Crippen molar-refractivity contribution >= 4 is 17.3 Å². The van der Waals surface area contributed by atoms with Crippen LogP contribution < -0.4 is 11.1 Å². The average Bonchev–Trinajstić information content (AvgIpc) is 2.81. The van der Waals surface area contributed by atoms with Gasteiger partial charge in [-0.2, -0.15) is 0 Å². The number of carbonyl (C=O) groups is 1. The van der Waals surface area contributed by atoms with Gasteiger partial charge in [-0.25, -0.2) is 14.6 Å². The summed E-state index contributed by atoms with van der Waals surface area (Å²) in [5, 5.41) is 22.4. The summed E-state index contributed by atoms with van der Waals surface area (Å²) in [6.07, 6.45) is -2.00. The van der Waals surface area contributed by atoms with E-state index < -0.39 is 29.7 Å². The molecule has 9 nitrogen and oxygen atoms in total. The molecule has 2 aromatic heterocycles. The third-order valence-electron chi connectivity index (χ3n) is 2.86. The van der Waals surface area contributed by atoms with Gasteiger partial charge in [0.1, 0.15) is 17.8 Å². The summed E-state index contributed by atoms with van der Waals surface area (Å²) in [6, 6.07) is 1.39. The smallest absolute Gasteiger partial charge is 0.418 e. The van der Waals surface area contributed by atoms with E-state index in [0.29, 0.717) is 0 Å². The molecule has 2 unspecified atom stereocenters. The molecule has 0 aliphatic rings. The number of aliphatic hydroxyl groups is 2. The number of pyridine rings is 1. The van der Waals surface area contributed by atoms with Crippen LogP contribution in [0.1, 0.15) is 32.4 Å². The fraction of sp³-hybridized carbons (Fsp3) is 0.500. The van der Waals surface area contributed by atoms with Crippen LogP contribution in [0.4, 0.5) is 4.79 Å². The Morgan fingerprint density at radius 3 is 2.83 bits per heavy atom. The van der Waals surface area contributed by atoms with E-state index in [2.05, 4.69) is 15.3 Å². The first-order chi connectivity index (χ1) is 10.7. The molecule has 2 aromatic rings. The van der Waals surface area contributed by atoms with Crippen LogP contribution in [0.25, 0.3) is 11.2 Å². The molecule has 0 radical (unpaired) electrons. The molecule has 0 aliphatic carbocycles. The van der Waals surface area contributed by atoms with E-state index in [1.54, 1.807) is 20.8 Å². The monoisotopic (exact) mass is 325 g/mol. The normalized spacial score (nSPS) is 14.5. The number of amides is 1. The largest absolute Gasteiger partial charge is 0.444 e. The lowest BCUT2D eigenvalue weighted by molar-refractivity contribution is 0.0128. The highest BCUT2D eigenvalue weighted by molar-refractivity contribution is 5.68. The maximum Gasteiger partial charge on any atom is 0.418 e. The fourth-order valence-corrected chi connectivity index (χ4v) is 1.85. The highest BCUT2D eigenvalue weighted by Crippen LogP contribution is 2.19. The number of carbonyl (C=O) groups excluding carboxylic acids is 1. The van der Waals surface area contributed by atoms with Gasteiger partial charge in [-0.3, -0.25) is 4.98 Å². The summed E-state index contributed by atoms with van der Waals surface area (Å²) >= 11 is 0. The SMILES string of the molecule is CC(C)(C)OC(=O)NCC(O)C(O)c1cnc2[nH]c(=O)oc2c1. The van der Waals surface area contributed by atoms with Crippen molar-refractivity contribution in [3.05, 3.63) is 28.4 Å². The summed E-state index contributed by atoms with van der Waals surface area (Å²) in [4.78, 5) is 28.8. The number of fused-ring (bicyclic) bond motifs is 1. The number of hydrogen-bond donors (Lipinski definition) is 4. The number of aromatic nitrogens is 2. The number of rotatable bonds is 4. The highest BCUT2D eigenvalue weighted by Gasteiger charge is 2.22. The Morgan fingerprint density at radius 2 is 2.17 bits per heavy atom. The van der Waals surface area contributed by atoms with Gasteiger partial charge in [0.25, 0.3) is 0 Å². The summed E-state index contributed by atoms with van der Waals surface area (Å²) in [6.45, 7) is 4.92. The van der Waals surface area contributed by atoms with Gasteiger partial charge in [0.05, 0.1) is 0 Å². The Bertz CT molecular complexity index is 745. The van der Waals surface area contributed by atoms with Crippen molar-refractivity contribution in [3.63, 3.8) is 0 Å². The van der Waals surface area contributed by atoms with Crippen LogP contribution in [0, 0.1) is 0 Å². The maximum absolute atomic E-state index is 11.5. The summed E-state index contributed by atoms with van der Waals surface area (Å²) in [5.41, 5.74) is -0.000977. The van der Waals surface area contributed by atoms with Crippen molar-refractivity contribution in [2.75, 3.05) is 6.54 Å². The van der Waals surface area contributed by atoms with E-state index >= 15 is 0 Å². The molecular formula is C14H19N3O6. The molecule has 0 aliphatic heterocycles. The highest BCUT2D eigenvalue weighted by atomic mass is 16.6. The minimum Gasteiger partial charge on any atom is -0.444 e. The predicted octanol–water partition coefficient (Wildman–Crippen LogP) is 0.435. The molecule has 23 heavy (non-hydrogen) atoms. The number of H-pyrrole nitrogens is 1. The molecule has 0 spiro atoms. The lowest BCUT2D eigenvalue weighted by atomic mass is 10.1. The number of nitrogens with zero attached hydrogens (tertiary/aromatic N) is 1. The van der Waals surface area contributed by atoms with Crippen LogP contribution in [-0.4, -0.2) is 44.5 Å². The van der Waals surface area contributed by atoms with Crippen LogP contribution in [0.3, 0.4) is 0 Å². The second-order valence-electron chi connectivity index (χ2n) is 6.02. The molecule has 126 valence electrons. The Morgan fingerprint density at radius 1 is 1.48 bits per heavy atom.